The van der Waals surface area contributed by atoms with Gasteiger partial charge in [-0.25, -0.2) is 4.98 Å². The highest BCUT2D eigenvalue weighted by molar-refractivity contribution is 5.85. The first-order valence-electron chi connectivity index (χ1n) is 6.71. The van der Waals surface area contributed by atoms with Gasteiger partial charge in [-0.2, -0.15) is 4.98 Å². The lowest BCUT2D eigenvalue weighted by atomic mass is 9.97. The van der Waals surface area contributed by atoms with Crippen molar-refractivity contribution in [2.24, 2.45) is 5.92 Å². The van der Waals surface area contributed by atoms with Crippen LogP contribution < -0.4 is 5.32 Å². The molecule has 0 bridgehead atoms. The number of aromatic nitrogens is 4. The van der Waals surface area contributed by atoms with Crippen LogP contribution in [-0.2, 0) is 6.42 Å². The average molecular weight is 296 g/mol. The van der Waals surface area contributed by atoms with Gasteiger partial charge in [-0.1, -0.05) is 5.16 Å². The molecule has 0 spiro atoms. The van der Waals surface area contributed by atoms with Crippen LogP contribution in [0, 0.1) is 5.92 Å². The Labute approximate surface area is 123 Å². The maximum Gasteiger partial charge on any atom is 0.227 e. The molecule has 1 atom stereocenters. The van der Waals surface area contributed by atoms with Crippen LogP contribution in [0.25, 0.3) is 11.5 Å². The number of nitrogens with one attached hydrogen (secondary N) is 1. The molecule has 0 aliphatic carbocycles. The SMILES string of the molecule is Cl.c1cnc(-c2noc(CC3CCCNCC3)n2)cn1. The molecule has 20 heavy (non-hydrogen) atoms. The molecule has 0 saturated carbocycles. The highest BCUT2D eigenvalue weighted by Crippen LogP contribution is 2.19. The topological polar surface area (TPSA) is 76.7 Å². The van der Waals surface area contributed by atoms with Gasteiger partial charge in [-0.05, 0) is 38.3 Å². The van der Waals surface area contributed by atoms with E-state index in [1.54, 1.807) is 18.6 Å². The fourth-order valence-electron chi connectivity index (χ4n) is 2.40. The molecule has 0 radical (unpaired) electrons. The van der Waals surface area contributed by atoms with Gasteiger partial charge < -0.3 is 9.84 Å². The van der Waals surface area contributed by atoms with Crippen LogP contribution in [0.3, 0.4) is 0 Å². The Morgan fingerprint density at radius 1 is 1.25 bits per heavy atom. The number of nitrogens with zero attached hydrogens (tertiary/aromatic N) is 4. The molecule has 1 N–H and O–H groups in total. The van der Waals surface area contributed by atoms with Crippen LogP contribution in [0.4, 0.5) is 0 Å². The molecule has 0 amide bonds. The maximum atomic E-state index is 5.31. The number of hydrogen-bond donors (Lipinski definition) is 1. The second-order valence-electron chi connectivity index (χ2n) is 4.85. The maximum absolute atomic E-state index is 5.31. The first-order valence-corrected chi connectivity index (χ1v) is 6.71. The molecule has 1 unspecified atom stereocenters. The van der Waals surface area contributed by atoms with E-state index in [9.17, 15) is 0 Å². The van der Waals surface area contributed by atoms with Crippen molar-refractivity contribution in [3.63, 3.8) is 0 Å². The van der Waals surface area contributed by atoms with E-state index < -0.39 is 0 Å². The largest absolute Gasteiger partial charge is 0.339 e. The third-order valence-corrected chi connectivity index (χ3v) is 3.42. The molecule has 3 rings (SSSR count). The lowest BCUT2D eigenvalue weighted by molar-refractivity contribution is 0.341. The predicted octanol–water partition coefficient (Wildman–Crippen LogP) is 1.88. The molecule has 6 nitrogen and oxygen atoms in total. The summed E-state index contributed by atoms with van der Waals surface area (Å²) in [5.41, 5.74) is 0.653. The molecule has 1 saturated heterocycles. The third kappa shape index (κ3) is 3.74. The van der Waals surface area contributed by atoms with Gasteiger partial charge in [0.05, 0.1) is 6.20 Å². The minimum Gasteiger partial charge on any atom is -0.339 e. The van der Waals surface area contributed by atoms with E-state index >= 15 is 0 Å². The normalized spacial score (nSPS) is 19.1. The predicted molar refractivity (Wildman–Crippen MR) is 76.5 cm³/mol. The molecule has 1 aliphatic heterocycles. The van der Waals surface area contributed by atoms with Gasteiger partial charge >= 0.3 is 0 Å². The minimum absolute atomic E-state index is 0. The number of hydrogen-bond acceptors (Lipinski definition) is 6. The van der Waals surface area contributed by atoms with Crippen molar-refractivity contribution in [2.45, 2.75) is 25.7 Å². The van der Waals surface area contributed by atoms with Crippen LogP contribution in [0.15, 0.2) is 23.1 Å². The van der Waals surface area contributed by atoms with Crippen molar-refractivity contribution in [1.82, 2.24) is 25.4 Å². The van der Waals surface area contributed by atoms with Crippen molar-refractivity contribution in [2.75, 3.05) is 13.1 Å². The van der Waals surface area contributed by atoms with Gasteiger partial charge in [0.15, 0.2) is 0 Å². The summed E-state index contributed by atoms with van der Waals surface area (Å²) < 4.78 is 5.31. The quantitative estimate of drug-likeness (QED) is 0.931. The lowest BCUT2D eigenvalue weighted by Gasteiger charge is -2.09. The van der Waals surface area contributed by atoms with Crippen LogP contribution in [0.1, 0.15) is 25.2 Å². The summed E-state index contributed by atoms with van der Waals surface area (Å²) in [7, 11) is 0. The molecule has 1 aliphatic rings. The molecule has 2 aromatic heterocycles. The fourth-order valence-corrected chi connectivity index (χ4v) is 2.40. The van der Waals surface area contributed by atoms with Crippen molar-refractivity contribution < 1.29 is 4.52 Å². The zero-order valence-corrected chi connectivity index (χ0v) is 12.0. The first kappa shape index (κ1) is 14.9. The summed E-state index contributed by atoms with van der Waals surface area (Å²) in [6.07, 6.45) is 9.36. The minimum atomic E-state index is 0. The summed E-state index contributed by atoms with van der Waals surface area (Å²) in [5, 5.41) is 7.38. The fraction of sp³-hybridized carbons (Fsp3) is 0.538. The van der Waals surface area contributed by atoms with E-state index in [1.807, 2.05) is 0 Å². The van der Waals surface area contributed by atoms with Crippen LogP contribution in [0.2, 0.25) is 0 Å². The molecule has 3 heterocycles. The molecular formula is C13H18ClN5O. The Balaban J connectivity index is 0.00000147. The van der Waals surface area contributed by atoms with Gasteiger partial charge in [0, 0.05) is 18.8 Å². The van der Waals surface area contributed by atoms with Crippen molar-refractivity contribution >= 4 is 12.4 Å². The highest BCUT2D eigenvalue weighted by atomic mass is 35.5. The van der Waals surface area contributed by atoms with E-state index in [4.69, 9.17) is 4.52 Å². The standard InChI is InChI=1S/C13H17N5O.ClH/c1-2-10(3-5-14-4-1)8-12-17-13(18-19-12)11-9-15-6-7-16-11;/h6-7,9-10,14H,1-5,8H2;1H. The van der Waals surface area contributed by atoms with Gasteiger partial charge in [0.25, 0.3) is 0 Å². The Morgan fingerprint density at radius 3 is 3.05 bits per heavy atom. The zero-order chi connectivity index (χ0) is 12.9. The molecule has 1 fully saturated rings. The Bertz CT molecular complexity index is 510. The zero-order valence-electron chi connectivity index (χ0n) is 11.2. The van der Waals surface area contributed by atoms with Crippen LogP contribution in [-0.4, -0.2) is 33.2 Å². The van der Waals surface area contributed by atoms with E-state index in [2.05, 4.69) is 25.4 Å². The van der Waals surface area contributed by atoms with Crippen LogP contribution in [0.5, 0.6) is 0 Å². The summed E-state index contributed by atoms with van der Waals surface area (Å²) in [6.45, 7) is 2.20. The van der Waals surface area contributed by atoms with Crippen molar-refractivity contribution in [3.8, 4) is 11.5 Å². The molecular weight excluding hydrogens is 278 g/mol. The Hall–Kier alpha value is -1.53. The Morgan fingerprint density at radius 2 is 2.20 bits per heavy atom. The summed E-state index contributed by atoms with van der Waals surface area (Å²) >= 11 is 0. The van der Waals surface area contributed by atoms with Crippen molar-refractivity contribution in [3.05, 3.63) is 24.5 Å². The highest BCUT2D eigenvalue weighted by Gasteiger charge is 2.17. The summed E-state index contributed by atoms with van der Waals surface area (Å²) in [4.78, 5) is 12.6. The second-order valence-corrected chi connectivity index (χ2v) is 4.85. The van der Waals surface area contributed by atoms with Crippen LogP contribution >= 0.6 is 12.4 Å². The van der Waals surface area contributed by atoms with Gasteiger partial charge in [0.1, 0.15) is 5.69 Å². The monoisotopic (exact) mass is 295 g/mol. The molecule has 2 aromatic rings. The Kier molecular flexibility index (Phi) is 5.43. The number of rotatable bonds is 3. The second kappa shape index (κ2) is 7.31. The molecule has 108 valence electrons. The van der Waals surface area contributed by atoms with Gasteiger partial charge in [-0.15, -0.1) is 12.4 Å². The first-order chi connectivity index (χ1) is 9.42. The van der Waals surface area contributed by atoms with E-state index in [0.717, 1.165) is 19.5 Å². The number of halogens is 1. The average Bonchev–Trinajstić information content (AvgIpc) is 2.76. The van der Waals surface area contributed by atoms with E-state index in [1.165, 1.54) is 19.3 Å². The molecule has 7 heteroatoms. The molecule has 0 aromatic carbocycles. The summed E-state index contributed by atoms with van der Waals surface area (Å²) in [5.74, 6) is 1.85. The van der Waals surface area contributed by atoms with Gasteiger partial charge in [0.2, 0.25) is 11.7 Å². The van der Waals surface area contributed by atoms with E-state index in [-0.39, 0.29) is 12.4 Å². The smallest absolute Gasteiger partial charge is 0.227 e. The van der Waals surface area contributed by atoms with Gasteiger partial charge in [-0.3, -0.25) is 4.98 Å². The van der Waals surface area contributed by atoms with Crippen molar-refractivity contribution in [1.29, 1.82) is 0 Å². The summed E-state index contributed by atoms with van der Waals surface area (Å²) in [6, 6.07) is 0. The van der Waals surface area contributed by atoms with E-state index in [0.29, 0.717) is 23.3 Å². The lowest BCUT2D eigenvalue weighted by Crippen LogP contribution is -2.14. The third-order valence-electron chi connectivity index (χ3n) is 3.42.